The van der Waals surface area contributed by atoms with Gasteiger partial charge in [0.2, 0.25) is 0 Å². The van der Waals surface area contributed by atoms with Gasteiger partial charge in [-0.3, -0.25) is 4.72 Å². The van der Waals surface area contributed by atoms with Crippen LogP contribution in [0.3, 0.4) is 0 Å². The van der Waals surface area contributed by atoms with Crippen molar-refractivity contribution in [2.24, 2.45) is 0 Å². The van der Waals surface area contributed by atoms with Crippen molar-refractivity contribution in [3.63, 3.8) is 0 Å². The zero-order valence-electron chi connectivity index (χ0n) is 9.33. The molecule has 0 fully saturated rings. The van der Waals surface area contributed by atoms with Crippen LogP contribution in [-0.4, -0.2) is 19.5 Å². The van der Waals surface area contributed by atoms with Crippen LogP contribution in [0.4, 0.5) is 5.69 Å². The summed E-state index contributed by atoms with van der Waals surface area (Å²) in [5.74, 6) is -1.15. The third kappa shape index (κ3) is 3.15. The molecule has 1 aromatic carbocycles. The molecule has 100 valence electrons. The van der Waals surface area contributed by atoms with E-state index in [1.54, 1.807) is 0 Å². The van der Waals surface area contributed by atoms with Crippen molar-refractivity contribution in [1.82, 2.24) is 0 Å². The Morgan fingerprint density at radius 3 is 2.63 bits per heavy atom. The Balaban J connectivity index is 2.37. The first-order valence-electron chi connectivity index (χ1n) is 4.97. The fourth-order valence-corrected chi connectivity index (χ4v) is 2.85. The van der Waals surface area contributed by atoms with E-state index in [4.69, 9.17) is 9.52 Å². The fraction of sp³-hybridized carbons (Fsp3) is 0. The minimum Gasteiger partial charge on any atom is -0.478 e. The average Bonchev–Trinajstić information content (AvgIpc) is 2.81. The lowest BCUT2D eigenvalue weighted by Crippen LogP contribution is -2.12. The van der Waals surface area contributed by atoms with E-state index in [9.17, 15) is 13.2 Å². The summed E-state index contributed by atoms with van der Waals surface area (Å²) in [7, 11) is -3.79. The molecule has 0 aliphatic rings. The van der Waals surface area contributed by atoms with Crippen LogP contribution < -0.4 is 4.72 Å². The van der Waals surface area contributed by atoms with Crippen LogP contribution in [-0.2, 0) is 10.0 Å². The molecule has 0 radical (unpaired) electrons. The van der Waals surface area contributed by atoms with E-state index in [-0.39, 0.29) is 16.1 Å². The number of rotatable bonds is 4. The van der Waals surface area contributed by atoms with Crippen LogP contribution >= 0.6 is 15.9 Å². The SMILES string of the molecule is O=C(O)c1cc(Br)cc(NS(=O)(=O)c2ccoc2)c1. The molecule has 2 aromatic rings. The predicted octanol–water partition coefficient (Wildman–Crippen LogP) is 2.54. The third-order valence-electron chi connectivity index (χ3n) is 2.20. The molecular weight excluding hydrogens is 338 g/mol. The summed E-state index contributed by atoms with van der Waals surface area (Å²) in [6.07, 6.45) is 2.32. The molecule has 0 unspecified atom stereocenters. The van der Waals surface area contributed by atoms with Gasteiger partial charge in [0.05, 0.1) is 17.5 Å². The first-order valence-corrected chi connectivity index (χ1v) is 7.25. The Labute approximate surface area is 117 Å². The zero-order chi connectivity index (χ0) is 14.0. The van der Waals surface area contributed by atoms with E-state index in [1.807, 2.05) is 0 Å². The highest BCUT2D eigenvalue weighted by Gasteiger charge is 2.16. The quantitative estimate of drug-likeness (QED) is 0.887. The minimum atomic E-state index is -3.79. The maximum Gasteiger partial charge on any atom is 0.335 e. The second kappa shape index (κ2) is 5.06. The number of anilines is 1. The smallest absolute Gasteiger partial charge is 0.335 e. The number of sulfonamides is 1. The molecular formula is C11H8BrNO5S. The van der Waals surface area contributed by atoms with Gasteiger partial charge in [-0.1, -0.05) is 15.9 Å². The summed E-state index contributed by atoms with van der Waals surface area (Å²) < 4.78 is 31.3. The number of halogens is 1. The van der Waals surface area contributed by atoms with Gasteiger partial charge in [-0.25, -0.2) is 13.2 Å². The van der Waals surface area contributed by atoms with E-state index >= 15 is 0 Å². The van der Waals surface area contributed by atoms with Crippen molar-refractivity contribution in [2.45, 2.75) is 4.90 Å². The fourth-order valence-electron chi connectivity index (χ4n) is 1.39. The molecule has 6 nitrogen and oxygen atoms in total. The van der Waals surface area contributed by atoms with Crippen LogP contribution in [0.5, 0.6) is 0 Å². The highest BCUT2D eigenvalue weighted by Crippen LogP contribution is 2.22. The normalized spacial score (nSPS) is 11.2. The Hall–Kier alpha value is -1.80. The Morgan fingerprint density at radius 2 is 2.05 bits per heavy atom. The van der Waals surface area contributed by atoms with Gasteiger partial charge in [0, 0.05) is 4.47 Å². The highest BCUT2D eigenvalue weighted by molar-refractivity contribution is 9.10. The van der Waals surface area contributed by atoms with Crippen LogP contribution in [0.15, 0.2) is 50.6 Å². The van der Waals surface area contributed by atoms with Crippen molar-refractivity contribution in [3.8, 4) is 0 Å². The molecule has 0 saturated heterocycles. The van der Waals surface area contributed by atoms with Crippen molar-refractivity contribution in [1.29, 1.82) is 0 Å². The van der Waals surface area contributed by atoms with Crippen LogP contribution in [0.1, 0.15) is 10.4 Å². The molecule has 0 amide bonds. The average molecular weight is 346 g/mol. The van der Waals surface area contributed by atoms with E-state index in [0.717, 1.165) is 6.26 Å². The summed E-state index contributed by atoms with van der Waals surface area (Å²) >= 11 is 3.12. The molecule has 8 heteroatoms. The first-order chi connectivity index (χ1) is 8.88. The molecule has 2 N–H and O–H groups in total. The Bertz CT molecular complexity index is 709. The molecule has 0 bridgehead atoms. The van der Waals surface area contributed by atoms with E-state index in [1.165, 1.54) is 30.5 Å². The molecule has 1 heterocycles. The second-order valence-electron chi connectivity index (χ2n) is 3.60. The molecule has 0 spiro atoms. The van der Waals surface area contributed by atoms with Gasteiger partial charge in [-0.2, -0.15) is 0 Å². The van der Waals surface area contributed by atoms with Crippen molar-refractivity contribution >= 4 is 37.6 Å². The number of nitrogens with one attached hydrogen (secondary N) is 1. The maximum absolute atomic E-state index is 11.9. The minimum absolute atomic E-state index is 0.0285. The molecule has 0 saturated carbocycles. The summed E-state index contributed by atoms with van der Waals surface area (Å²) in [6, 6.07) is 5.35. The monoisotopic (exact) mass is 345 g/mol. The number of carbonyl (C=O) groups is 1. The van der Waals surface area contributed by atoms with E-state index in [0.29, 0.717) is 4.47 Å². The van der Waals surface area contributed by atoms with Crippen molar-refractivity contribution in [3.05, 3.63) is 46.8 Å². The summed E-state index contributed by atoms with van der Waals surface area (Å²) in [4.78, 5) is 10.8. The van der Waals surface area contributed by atoms with Gasteiger partial charge in [0.25, 0.3) is 10.0 Å². The summed E-state index contributed by atoms with van der Waals surface area (Å²) in [5.41, 5.74) is 0.118. The maximum atomic E-state index is 11.9. The Kier molecular flexibility index (Phi) is 3.63. The van der Waals surface area contributed by atoms with E-state index < -0.39 is 16.0 Å². The van der Waals surface area contributed by atoms with Crippen molar-refractivity contribution in [2.75, 3.05) is 4.72 Å². The number of carboxylic acids is 1. The molecule has 2 rings (SSSR count). The third-order valence-corrected chi connectivity index (χ3v) is 4.02. The van der Waals surface area contributed by atoms with Crippen LogP contribution in [0, 0.1) is 0 Å². The number of aromatic carboxylic acids is 1. The van der Waals surface area contributed by atoms with Crippen molar-refractivity contribution < 1.29 is 22.7 Å². The van der Waals surface area contributed by atoms with Crippen LogP contribution in [0.25, 0.3) is 0 Å². The predicted molar refractivity (Wildman–Crippen MR) is 70.6 cm³/mol. The highest BCUT2D eigenvalue weighted by atomic mass is 79.9. The van der Waals surface area contributed by atoms with Gasteiger partial charge in [-0.15, -0.1) is 0 Å². The molecule has 0 aliphatic heterocycles. The van der Waals surface area contributed by atoms with E-state index in [2.05, 4.69) is 20.7 Å². The lowest BCUT2D eigenvalue weighted by molar-refractivity contribution is 0.0697. The molecule has 0 atom stereocenters. The largest absolute Gasteiger partial charge is 0.478 e. The standard InChI is InChI=1S/C11H8BrNO5S/c12-8-3-7(11(14)15)4-9(5-8)13-19(16,17)10-1-2-18-6-10/h1-6,13H,(H,14,15). The number of hydrogen-bond donors (Lipinski definition) is 2. The zero-order valence-corrected chi connectivity index (χ0v) is 11.7. The Morgan fingerprint density at radius 1 is 1.32 bits per heavy atom. The molecule has 1 aromatic heterocycles. The van der Waals surface area contributed by atoms with Gasteiger partial charge in [0.1, 0.15) is 11.2 Å². The number of furan rings is 1. The molecule has 0 aliphatic carbocycles. The van der Waals surface area contributed by atoms with Gasteiger partial charge in [-0.05, 0) is 24.3 Å². The topological polar surface area (TPSA) is 96.6 Å². The number of benzene rings is 1. The molecule has 19 heavy (non-hydrogen) atoms. The summed E-state index contributed by atoms with van der Waals surface area (Å²) in [6.45, 7) is 0. The lowest BCUT2D eigenvalue weighted by Gasteiger charge is -2.07. The number of hydrogen-bond acceptors (Lipinski definition) is 4. The second-order valence-corrected chi connectivity index (χ2v) is 6.20. The summed E-state index contributed by atoms with van der Waals surface area (Å²) in [5, 5.41) is 8.90. The van der Waals surface area contributed by atoms with Gasteiger partial charge >= 0.3 is 5.97 Å². The lowest BCUT2D eigenvalue weighted by atomic mass is 10.2. The van der Waals surface area contributed by atoms with Crippen LogP contribution in [0.2, 0.25) is 0 Å². The first kappa shape index (κ1) is 13.6. The van der Waals surface area contributed by atoms with Gasteiger partial charge in [0.15, 0.2) is 0 Å². The number of carboxylic acid groups (broad SMARTS) is 1. The van der Waals surface area contributed by atoms with Gasteiger partial charge < -0.3 is 9.52 Å².